The lowest BCUT2D eigenvalue weighted by Gasteiger charge is -2.46. The lowest BCUT2D eigenvalue weighted by molar-refractivity contribution is -0.137. The van der Waals surface area contributed by atoms with Gasteiger partial charge in [-0.1, -0.05) is 0 Å². The molecule has 8 nitrogen and oxygen atoms in total. The van der Waals surface area contributed by atoms with Crippen molar-refractivity contribution in [3.05, 3.63) is 11.8 Å². The number of hydrogen-bond acceptors (Lipinski definition) is 7. The van der Waals surface area contributed by atoms with Gasteiger partial charge in [0.25, 0.3) is 0 Å². The number of likely N-dealkylation sites (N-methyl/N-ethyl adjacent to an activating group) is 1. The molecule has 0 saturated carbocycles. The maximum Gasteiger partial charge on any atom is 0.303 e. The Balaban J connectivity index is 1.74. The zero-order chi connectivity index (χ0) is 19.4. The van der Waals surface area contributed by atoms with Crippen LogP contribution >= 0.6 is 0 Å². The zero-order valence-corrected chi connectivity index (χ0v) is 16.7. The molecule has 8 heteroatoms. The number of aryl methyl sites for hydroxylation is 1. The maximum atomic E-state index is 11.2. The first-order valence-electron chi connectivity index (χ1n) is 9.89. The van der Waals surface area contributed by atoms with Gasteiger partial charge in [0.05, 0.1) is 0 Å². The van der Waals surface area contributed by atoms with Crippen LogP contribution in [0.2, 0.25) is 0 Å². The van der Waals surface area contributed by atoms with E-state index in [1.807, 2.05) is 20.0 Å². The average molecular weight is 377 g/mol. The topological polar surface area (TPSA) is 84.8 Å². The van der Waals surface area contributed by atoms with Crippen molar-refractivity contribution in [3.8, 4) is 0 Å². The monoisotopic (exact) mass is 376 g/mol. The van der Waals surface area contributed by atoms with Gasteiger partial charge in [0, 0.05) is 70.5 Å². The highest BCUT2D eigenvalue weighted by Crippen LogP contribution is 2.30. The minimum absolute atomic E-state index is 0.229. The zero-order valence-electron chi connectivity index (χ0n) is 16.7. The molecule has 0 unspecified atom stereocenters. The molecule has 2 atom stereocenters. The molecule has 0 amide bonds. The molecular weight excluding hydrogens is 344 g/mol. The van der Waals surface area contributed by atoms with Crippen molar-refractivity contribution in [2.24, 2.45) is 5.92 Å². The number of aromatic nitrogens is 2. The van der Waals surface area contributed by atoms with Gasteiger partial charge in [0.2, 0.25) is 5.95 Å². The highest BCUT2D eigenvalue weighted by atomic mass is 16.4. The van der Waals surface area contributed by atoms with Crippen molar-refractivity contribution < 1.29 is 9.90 Å². The standard InChI is InChI=1S/C19H32N6O2/c1-14-12-17(22-19(20-2)21-14)25-7-6-16(15(13-25)4-5-18(26)27)24-10-8-23(3)9-11-24/h12,15-16H,4-11,13H2,1-3H3,(H,26,27)(H,20,21,22)/t15-,16+/m0/s1. The fourth-order valence-corrected chi connectivity index (χ4v) is 4.28. The van der Waals surface area contributed by atoms with E-state index in [-0.39, 0.29) is 6.42 Å². The van der Waals surface area contributed by atoms with Gasteiger partial charge in [-0.2, -0.15) is 4.98 Å². The maximum absolute atomic E-state index is 11.2. The molecule has 1 aromatic rings. The van der Waals surface area contributed by atoms with Crippen molar-refractivity contribution >= 4 is 17.7 Å². The van der Waals surface area contributed by atoms with Crippen LogP contribution in [0.25, 0.3) is 0 Å². The molecule has 3 heterocycles. The van der Waals surface area contributed by atoms with E-state index in [0.29, 0.717) is 24.3 Å². The lowest BCUT2D eigenvalue weighted by atomic mass is 9.86. The smallest absolute Gasteiger partial charge is 0.303 e. The number of carboxylic acids is 1. The van der Waals surface area contributed by atoms with Crippen molar-refractivity contribution in [3.63, 3.8) is 0 Å². The van der Waals surface area contributed by atoms with Crippen molar-refractivity contribution in [2.75, 3.05) is 63.6 Å². The number of piperazine rings is 1. The molecular formula is C19H32N6O2. The van der Waals surface area contributed by atoms with Crippen LogP contribution in [0.5, 0.6) is 0 Å². The summed E-state index contributed by atoms with van der Waals surface area (Å²) in [5, 5.41) is 12.2. The molecule has 2 aliphatic rings. The molecule has 0 spiro atoms. The van der Waals surface area contributed by atoms with Crippen LogP contribution in [0.15, 0.2) is 6.07 Å². The van der Waals surface area contributed by atoms with Gasteiger partial charge in [0.15, 0.2) is 0 Å². The van der Waals surface area contributed by atoms with E-state index in [1.54, 1.807) is 0 Å². The SMILES string of the molecule is CNc1nc(C)cc(N2CC[C@@H](N3CCN(C)CC3)[C@@H](CCC(=O)O)C2)n1. The Labute approximate surface area is 161 Å². The summed E-state index contributed by atoms with van der Waals surface area (Å²) in [6.07, 6.45) is 1.99. The fraction of sp³-hybridized carbons (Fsp3) is 0.737. The number of nitrogens with zero attached hydrogens (tertiary/aromatic N) is 5. The van der Waals surface area contributed by atoms with E-state index in [4.69, 9.17) is 0 Å². The highest BCUT2D eigenvalue weighted by Gasteiger charge is 2.35. The summed E-state index contributed by atoms with van der Waals surface area (Å²) in [6.45, 7) is 8.09. The molecule has 2 saturated heterocycles. The van der Waals surface area contributed by atoms with Crippen LogP contribution in [0.1, 0.15) is 25.0 Å². The van der Waals surface area contributed by atoms with Gasteiger partial charge in [-0.25, -0.2) is 4.98 Å². The number of nitrogens with one attached hydrogen (secondary N) is 1. The molecule has 0 bridgehead atoms. The Morgan fingerprint density at radius 1 is 1.26 bits per heavy atom. The minimum Gasteiger partial charge on any atom is -0.481 e. The number of carboxylic acid groups (broad SMARTS) is 1. The first-order chi connectivity index (χ1) is 13.0. The average Bonchev–Trinajstić information content (AvgIpc) is 2.66. The molecule has 0 aliphatic carbocycles. The van der Waals surface area contributed by atoms with Crippen LogP contribution in [0.3, 0.4) is 0 Å². The Hall–Kier alpha value is -1.93. The number of piperidine rings is 1. The van der Waals surface area contributed by atoms with E-state index in [1.165, 1.54) is 0 Å². The summed E-state index contributed by atoms with van der Waals surface area (Å²) < 4.78 is 0. The summed E-state index contributed by atoms with van der Waals surface area (Å²) in [6, 6.07) is 2.48. The molecule has 0 aromatic carbocycles. The second-order valence-electron chi connectivity index (χ2n) is 7.77. The second kappa shape index (κ2) is 8.84. The Morgan fingerprint density at radius 2 is 2.00 bits per heavy atom. The quantitative estimate of drug-likeness (QED) is 0.764. The lowest BCUT2D eigenvalue weighted by Crippen LogP contribution is -2.56. The Morgan fingerprint density at radius 3 is 2.67 bits per heavy atom. The third-order valence-electron chi connectivity index (χ3n) is 5.82. The predicted octanol–water partition coefficient (Wildman–Crippen LogP) is 1.13. The number of aliphatic carboxylic acids is 1. The summed E-state index contributed by atoms with van der Waals surface area (Å²) in [4.78, 5) is 27.4. The van der Waals surface area contributed by atoms with E-state index in [2.05, 4.69) is 37.0 Å². The van der Waals surface area contributed by atoms with Crippen LogP contribution in [-0.2, 0) is 4.79 Å². The van der Waals surface area contributed by atoms with Gasteiger partial charge in [-0.05, 0) is 32.7 Å². The van der Waals surface area contributed by atoms with E-state index in [9.17, 15) is 9.90 Å². The number of hydrogen-bond donors (Lipinski definition) is 2. The van der Waals surface area contributed by atoms with E-state index in [0.717, 1.165) is 57.2 Å². The van der Waals surface area contributed by atoms with E-state index < -0.39 is 5.97 Å². The van der Waals surface area contributed by atoms with Crippen molar-refractivity contribution in [2.45, 2.75) is 32.2 Å². The molecule has 3 rings (SSSR count). The van der Waals surface area contributed by atoms with Crippen molar-refractivity contribution in [1.82, 2.24) is 19.8 Å². The second-order valence-corrected chi connectivity index (χ2v) is 7.77. The summed E-state index contributed by atoms with van der Waals surface area (Å²) in [5.74, 6) is 1.20. The molecule has 150 valence electrons. The molecule has 2 N–H and O–H groups in total. The molecule has 2 aliphatic heterocycles. The number of rotatable bonds is 6. The fourth-order valence-electron chi connectivity index (χ4n) is 4.28. The van der Waals surface area contributed by atoms with Crippen LogP contribution in [0.4, 0.5) is 11.8 Å². The Kier molecular flexibility index (Phi) is 6.49. The molecule has 2 fully saturated rings. The van der Waals surface area contributed by atoms with Gasteiger partial charge in [-0.15, -0.1) is 0 Å². The summed E-state index contributed by atoms with van der Waals surface area (Å²) in [7, 11) is 3.99. The van der Waals surface area contributed by atoms with Crippen molar-refractivity contribution in [1.29, 1.82) is 0 Å². The van der Waals surface area contributed by atoms with Crippen LogP contribution in [0, 0.1) is 12.8 Å². The third-order valence-corrected chi connectivity index (χ3v) is 5.82. The minimum atomic E-state index is -0.709. The largest absolute Gasteiger partial charge is 0.481 e. The normalized spacial score (nSPS) is 24.8. The first-order valence-corrected chi connectivity index (χ1v) is 9.89. The number of anilines is 2. The van der Waals surface area contributed by atoms with Crippen LogP contribution < -0.4 is 10.2 Å². The van der Waals surface area contributed by atoms with Gasteiger partial charge in [-0.3, -0.25) is 9.69 Å². The highest BCUT2D eigenvalue weighted by molar-refractivity contribution is 5.66. The first kappa shape index (κ1) is 19.8. The molecule has 27 heavy (non-hydrogen) atoms. The summed E-state index contributed by atoms with van der Waals surface area (Å²) >= 11 is 0. The van der Waals surface area contributed by atoms with Gasteiger partial charge >= 0.3 is 5.97 Å². The third kappa shape index (κ3) is 5.07. The summed E-state index contributed by atoms with van der Waals surface area (Å²) in [5.41, 5.74) is 0.938. The molecule has 0 radical (unpaired) electrons. The van der Waals surface area contributed by atoms with Gasteiger partial charge < -0.3 is 20.2 Å². The van der Waals surface area contributed by atoms with E-state index >= 15 is 0 Å². The van der Waals surface area contributed by atoms with Gasteiger partial charge in [0.1, 0.15) is 5.82 Å². The Bertz CT molecular complexity index is 647. The predicted molar refractivity (Wildman–Crippen MR) is 106 cm³/mol. The number of carbonyl (C=O) groups is 1. The molecule has 1 aromatic heterocycles. The van der Waals surface area contributed by atoms with Crippen LogP contribution in [-0.4, -0.2) is 90.2 Å².